The van der Waals surface area contributed by atoms with Gasteiger partial charge >= 0.3 is 0 Å². The third-order valence-electron chi connectivity index (χ3n) is 8.90. The number of methoxy groups -OCH3 is 1. The average molecular weight is 587 g/mol. The van der Waals surface area contributed by atoms with Gasteiger partial charge in [0.15, 0.2) is 17.5 Å². The summed E-state index contributed by atoms with van der Waals surface area (Å²) in [4.78, 5) is 9.46. The molecular formula is C32H41F3N4O3. The summed E-state index contributed by atoms with van der Waals surface area (Å²) in [6.07, 6.45) is 6.56. The van der Waals surface area contributed by atoms with Crippen LogP contribution in [0.15, 0.2) is 36.5 Å². The number of piperidine rings is 1. The van der Waals surface area contributed by atoms with Crippen LogP contribution in [0.2, 0.25) is 0 Å². The van der Waals surface area contributed by atoms with Crippen LogP contribution < -0.4 is 10.1 Å². The van der Waals surface area contributed by atoms with Gasteiger partial charge in [0.25, 0.3) is 0 Å². The smallest absolute Gasteiger partial charge is 0.194 e. The van der Waals surface area contributed by atoms with Crippen molar-refractivity contribution in [2.45, 2.75) is 38.6 Å². The number of aryl methyl sites for hydroxylation is 1. The maximum absolute atomic E-state index is 13.5. The Kier molecular flexibility index (Phi) is 10.2. The highest BCUT2D eigenvalue weighted by molar-refractivity contribution is 5.84. The fourth-order valence-corrected chi connectivity index (χ4v) is 6.22. The van der Waals surface area contributed by atoms with Gasteiger partial charge in [-0.05, 0) is 79.9 Å². The van der Waals surface area contributed by atoms with E-state index in [0.717, 1.165) is 107 Å². The van der Waals surface area contributed by atoms with Gasteiger partial charge < -0.3 is 24.8 Å². The van der Waals surface area contributed by atoms with Crippen molar-refractivity contribution in [2.75, 3.05) is 71.5 Å². The first-order valence-electron chi connectivity index (χ1n) is 14.9. The van der Waals surface area contributed by atoms with Crippen LogP contribution in [0, 0.1) is 22.9 Å². The Labute approximate surface area is 245 Å². The van der Waals surface area contributed by atoms with Gasteiger partial charge in [0.1, 0.15) is 5.75 Å². The molecule has 0 spiro atoms. The number of pyridine rings is 1. The summed E-state index contributed by atoms with van der Waals surface area (Å²) in [6, 6.07) is 7.99. The Balaban J connectivity index is 1.18. The predicted molar refractivity (Wildman–Crippen MR) is 157 cm³/mol. The predicted octanol–water partition coefficient (Wildman–Crippen LogP) is 5.00. The summed E-state index contributed by atoms with van der Waals surface area (Å²) in [5.41, 5.74) is 3.59. The van der Waals surface area contributed by atoms with Gasteiger partial charge in [-0.3, -0.25) is 9.88 Å². The molecule has 0 bridgehead atoms. The lowest BCUT2D eigenvalue weighted by molar-refractivity contribution is 0.0338. The van der Waals surface area contributed by atoms with Crippen molar-refractivity contribution in [2.24, 2.45) is 5.41 Å². The number of likely N-dealkylation sites (tertiary alicyclic amines) is 1. The molecule has 3 heterocycles. The summed E-state index contributed by atoms with van der Waals surface area (Å²) in [7, 11) is 1.68. The van der Waals surface area contributed by atoms with Crippen molar-refractivity contribution < 1.29 is 27.8 Å². The minimum atomic E-state index is -1.46. The van der Waals surface area contributed by atoms with Gasteiger partial charge in [-0.25, -0.2) is 13.2 Å². The number of halogens is 3. The minimum absolute atomic E-state index is 0.127. The van der Waals surface area contributed by atoms with Crippen molar-refractivity contribution in [1.82, 2.24) is 14.8 Å². The number of aliphatic hydroxyl groups is 1. The molecule has 2 saturated heterocycles. The Bertz CT molecular complexity index is 1320. The summed E-state index contributed by atoms with van der Waals surface area (Å²) >= 11 is 0. The van der Waals surface area contributed by atoms with E-state index in [1.54, 1.807) is 7.11 Å². The topological polar surface area (TPSA) is 70.1 Å². The normalized spacial score (nSPS) is 17.9. The van der Waals surface area contributed by atoms with E-state index in [0.29, 0.717) is 13.1 Å². The van der Waals surface area contributed by atoms with Crippen molar-refractivity contribution in [3.63, 3.8) is 0 Å². The molecule has 10 heteroatoms. The molecule has 0 aliphatic carbocycles. The summed E-state index contributed by atoms with van der Waals surface area (Å²) in [6.45, 7) is 7.17. The SMILES string of the molecule is COc1ccc2ncc(CN3CCOCC3)c(CCCC3(CO)CCN(CCNc4cc(F)c(F)c(F)c4)CC3)c2c1. The van der Waals surface area contributed by atoms with Crippen molar-refractivity contribution in [1.29, 1.82) is 0 Å². The van der Waals surface area contributed by atoms with Crippen molar-refractivity contribution in [3.8, 4) is 5.75 Å². The van der Waals surface area contributed by atoms with Gasteiger partial charge in [-0.1, -0.05) is 0 Å². The number of hydrogen-bond acceptors (Lipinski definition) is 7. The number of anilines is 1. The highest BCUT2D eigenvalue weighted by Crippen LogP contribution is 2.37. The second kappa shape index (κ2) is 14.0. The first kappa shape index (κ1) is 30.5. The van der Waals surface area contributed by atoms with Gasteiger partial charge in [0.2, 0.25) is 0 Å². The zero-order valence-corrected chi connectivity index (χ0v) is 24.3. The van der Waals surface area contributed by atoms with Crippen LogP contribution in [-0.4, -0.2) is 86.1 Å². The van der Waals surface area contributed by atoms with Crippen LogP contribution in [-0.2, 0) is 17.7 Å². The quantitative estimate of drug-likeness (QED) is 0.290. The summed E-state index contributed by atoms with van der Waals surface area (Å²) < 4.78 is 51.3. The zero-order chi connectivity index (χ0) is 29.5. The van der Waals surface area contributed by atoms with E-state index in [4.69, 9.17) is 14.5 Å². The van der Waals surface area contributed by atoms with Gasteiger partial charge in [0.05, 0.1) is 25.8 Å². The first-order chi connectivity index (χ1) is 20.4. The van der Waals surface area contributed by atoms with Crippen LogP contribution in [0.3, 0.4) is 0 Å². The average Bonchev–Trinajstić information content (AvgIpc) is 3.01. The molecule has 42 heavy (non-hydrogen) atoms. The number of ether oxygens (including phenoxy) is 2. The molecule has 2 aromatic carbocycles. The van der Waals surface area contributed by atoms with Crippen LogP contribution in [0.5, 0.6) is 5.75 Å². The molecule has 0 saturated carbocycles. The number of fused-ring (bicyclic) bond motifs is 1. The Morgan fingerprint density at radius 1 is 1.02 bits per heavy atom. The lowest BCUT2D eigenvalue weighted by Crippen LogP contribution is -2.43. The highest BCUT2D eigenvalue weighted by Gasteiger charge is 2.33. The minimum Gasteiger partial charge on any atom is -0.497 e. The summed E-state index contributed by atoms with van der Waals surface area (Å²) in [5, 5.41) is 14.6. The van der Waals surface area contributed by atoms with Crippen molar-refractivity contribution in [3.05, 3.63) is 65.1 Å². The van der Waals surface area contributed by atoms with Gasteiger partial charge in [-0.2, -0.15) is 0 Å². The van der Waals surface area contributed by atoms with E-state index in [1.807, 2.05) is 18.3 Å². The Hall–Kier alpha value is -2.92. The molecule has 0 amide bonds. The third-order valence-corrected chi connectivity index (χ3v) is 8.90. The first-order valence-corrected chi connectivity index (χ1v) is 14.9. The number of rotatable bonds is 12. The molecule has 2 fully saturated rings. The molecule has 0 atom stereocenters. The standard InChI is InChI=1S/C32H41F3N4O3/c1-41-25-4-5-30-27(19-25)26(23(20-37-30)21-39-13-15-42-16-14-39)3-2-6-32(22-40)7-10-38(11-8-32)12-9-36-24-17-28(33)31(35)29(34)18-24/h4-5,17-20,36,40H,2-3,6-16,21-22H2,1H3. The molecule has 0 radical (unpaired) electrons. The second-order valence-electron chi connectivity index (χ2n) is 11.6. The molecule has 7 nitrogen and oxygen atoms in total. The van der Waals surface area contributed by atoms with E-state index >= 15 is 0 Å². The Morgan fingerprint density at radius 3 is 2.45 bits per heavy atom. The number of nitrogens with one attached hydrogen (secondary N) is 1. The second-order valence-corrected chi connectivity index (χ2v) is 11.6. The number of aliphatic hydroxyl groups excluding tert-OH is 1. The molecular weight excluding hydrogens is 545 g/mol. The molecule has 2 aliphatic heterocycles. The lowest BCUT2D eigenvalue weighted by Gasteiger charge is -2.41. The number of morpholine rings is 1. The molecule has 1 aromatic heterocycles. The maximum Gasteiger partial charge on any atom is 0.194 e. The lowest BCUT2D eigenvalue weighted by atomic mass is 9.75. The molecule has 2 aliphatic rings. The van der Waals surface area contributed by atoms with Gasteiger partial charge in [0, 0.05) is 68.7 Å². The Morgan fingerprint density at radius 2 is 1.76 bits per heavy atom. The molecule has 5 rings (SSSR count). The number of benzene rings is 2. The zero-order valence-electron chi connectivity index (χ0n) is 24.3. The van der Waals surface area contributed by atoms with Gasteiger partial charge in [-0.15, -0.1) is 0 Å². The number of aromatic nitrogens is 1. The van der Waals surface area contributed by atoms with E-state index in [2.05, 4.69) is 21.2 Å². The largest absolute Gasteiger partial charge is 0.497 e. The molecule has 2 N–H and O–H groups in total. The number of nitrogens with zero attached hydrogens (tertiary/aromatic N) is 3. The van der Waals surface area contributed by atoms with Crippen molar-refractivity contribution >= 4 is 16.6 Å². The van der Waals surface area contributed by atoms with E-state index < -0.39 is 17.5 Å². The molecule has 3 aromatic rings. The third kappa shape index (κ3) is 7.34. The van der Waals surface area contributed by atoms with Crippen LogP contribution >= 0.6 is 0 Å². The fourth-order valence-electron chi connectivity index (χ4n) is 6.22. The molecule has 0 unspecified atom stereocenters. The van der Waals surface area contributed by atoms with E-state index in [1.165, 1.54) is 11.1 Å². The van der Waals surface area contributed by atoms with Crippen LogP contribution in [0.4, 0.5) is 18.9 Å². The molecule has 228 valence electrons. The fraction of sp³-hybridized carbons (Fsp3) is 0.531. The maximum atomic E-state index is 13.5. The summed E-state index contributed by atoms with van der Waals surface area (Å²) in [5.74, 6) is -3.04. The van der Waals surface area contributed by atoms with E-state index in [-0.39, 0.29) is 17.7 Å². The van der Waals surface area contributed by atoms with Crippen LogP contribution in [0.1, 0.15) is 36.8 Å². The van der Waals surface area contributed by atoms with Crippen LogP contribution in [0.25, 0.3) is 10.9 Å². The monoisotopic (exact) mass is 586 g/mol. The number of hydrogen-bond donors (Lipinski definition) is 2. The highest BCUT2D eigenvalue weighted by atomic mass is 19.2. The van der Waals surface area contributed by atoms with E-state index in [9.17, 15) is 18.3 Å².